The Morgan fingerprint density at radius 2 is 1.70 bits per heavy atom. The number of hydrogen-bond acceptors (Lipinski definition) is 6. The number of nitrogens with zero attached hydrogens (tertiary/aromatic N) is 1. The fourth-order valence-electron chi connectivity index (χ4n) is 6.06. The summed E-state index contributed by atoms with van der Waals surface area (Å²) in [6.45, 7) is 2.39. The Kier molecular flexibility index (Phi) is 11.4. The SMILES string of the molecule is CCC[C@@H](C(=O)N[C@@H](C[C@@H]1CCNC1=O)C(O)C(=O)NC1CC1)N(C)C(=O)[C@H](NC(=O)c1ccc(Cl)cc1)C1CCCC1. The van der Waals surface area contributed by atoms with E-state index in [1.54, 1.807) is 31.3 Å². The largest absolute Gasteiger partial charge is 0.381 e. The Morgan fingerprint density at radius 1 is 1.02 bits per heavy atom. The van der Waals surface area contributed by atoms with Crippen LogP contribution in [0.5, 0.6) is 0 Å². The third-order valence-corrected chi connectivity index (χ3v) is 9.06. The molecule has 0 bridgehead atoms. The Morgan fingerprint density at radius 3 is 2.28 bits per heavy atom. The van der Waals surface area contributed by atoms with Gasteiger partial charge in [0, 0.05) is 36.1 Å². The van der Waals surface area contributed by atoms with Gasteiger partial charge < -0.3 is 31.3 Å². The number of aliphatic hydroxyl groups is 1. The van der Waals surface area contributed by atoms with Crippen molar-refractivity contribution in [3.63, 3.8) is 0 Å². The number of amides is 5. The Bertz CT molecular complexity index is 1170. The number of aliphatic hydroxyl groups excluding tert-OH is 1. The number of benzene rings is 1. The highest BCUT2D eigenvalue weighted by Gasteiger charge is 2.40. The van der Waals surface area contributed by atoms with Crippen LogP contribution in [0.4, 0.5) is 0 Å². The second kappa shape index (κ2) is 15.0. The minimum atomic E-state index is -1.55. The molecule has 1 aliphatic heterocycles. The van der Waals surface area contributed by atoms with Crippen molar-refractivity contribution in [3.8, 4) is 0 Å². The number of halogens is 1. The summed E-state index contributed by atoms with van der Waals surface area (Å²) >= 11 is 5.98. The van der Waals surface area contributed by atoms with E-state index in [-0.39, 0.29) is 30.2 Å². The zero-order valence-corrected chi connectivity index (χ0v) is 25.7. The molecule has 1 aromatic carbocycles. The molecular weight excluding hydrogens is 574 g/mol. The molecule has 2 saturated carbocycles. The van der Waals surface area contributed by atoms with Gasteiger partial charge in [0.05, 0.1) is 6.04 Å². The van der Waals surface area contributed by atoms with E-state index in [1.807, 2.05) is 6.92 Å². The van der Waals surface area contributed by atoms with E-state index in [0.29, 0.717) is 36.4 Å². The van der Waals surface area contributed by atoms with E-state index in [0.717, 1.165) is 38.5 Å². The summed E-state index contributed by atoms with van der Waals surface area (Å²) in [7, 11) is 1.55. The van der Waals surface area contributed by atoms with Crippen molar-refractivity contribution in [1.29, 1.82) is 0 Å². The van der Waals surface area contributed by atoms with Crippen LogP contribution in [-0.4, -0.2) is 83.4 Å². The fraction of sp³-hybridized carbons (Fsp3) is 0.645. The number of likely N-dealkylation sites (N-methyl/N-ethyl adjacent to an activating group) is 1. The maximum atomic E-state index is 14.0. The van der Waals surface area contributed by atoms with Crippen molar-refractivity contribution < 1.29 is 29.1 Å². The lowest BCUT2D eigenvalue weighted by Gasteiger charge is -2.34. The summed E-state index contributed by atoms with van der Waals surface area (Å²) in [5, 5.41) is 22.7. The minimum Gasteiger partial charge on any atom is -0.381 e. The standard InChI is InChI=1S/C31H44ClN5O6/c1-3-6-24(29(41)35-23(17-20-15-16-33-27(20)39)26(38)30(42)34-22-13-14-22)37(2)31(43)25(18-7-4-5-8-18)36-28(40)19-9-11-21(32)12-10-19/h9-12,18,20,22-26,38H,3-8,13-17H2,1-2H3,(H,33,39)(H,34,42)(H,35,41)(H,36,40)/t20-,23-,24-,25+,26?/m0/s1. The molecule has 236 valence electrons. The molecule has 12 heteroatoms. The molecule has 0 radical (unpaired) electrons. The summed E-state index contributed by atoms with van der Waals surface area (Å²) < 4.78 is 0. The number of hydrogen-bond donors (Lipinski definition) is 5. The van der Waals surface area contributed by atoms with Crippen LogP contribution in [0.25, 0.3) is 0 Å². The lowest BCUT2D eigenvalue weighted by Crippen LogP contribution is -2.59. The molecule has 1 unspecified atom stereocenters. The molecule has 3 aliphatic rings. The van der Waals surface area contributed by atoms with Gasteiger partial charge in [-0.2, -0.15) is 0 Å². The van der Waals surface area contributed by atoms with Gasteiger partial charge in [-0.1, -0.05) is 37.8 Å². The molecular formula is C31H44ClN5O6. The van der Waals surface area contributed by atoms with Gasteiger partial charge in [-0.05, 0) is 75.1 Å². The zero-order valence-electron chi connectivity index (χ0n) is 24.9. The molecule has 3 fully saturated rings. The van der Waals surface area contributed by atoms with Crippen molar-refractivity contribution >= 4 is 41.1 Å². The van der Waals surface area contributed by atoms with Crippen LogP contribution in [0.15, 0.2) is 24.3 Å². The predicted molar refractivity (Wildman–Crippen MR) is 161 cm³/mol. The summed E-state index contributed by atoms with van der Waals surface area (Å²) in [6, 6.07) is 3.69. The number of rotatable bonds is 14. The molecule has 1 heterocycles. The third kappa shape index (κ3) is 8.69. The van der Waals surface area contributed by atoms with E-state index < -0.39 is 47.9 Å². The van der Waals surface area contributed by atoms with Gasteiger partial charge in [0.25, 0.3) is 11.8 Å². The van der Waals surface area contributed by atoms with Crippen LogP contribution in [0.2, 0.25) is 5.02 Å². The number of nitrogens with one attached hydrogen (secondary N) is 4. The highest BCUT2D eigenvalue weighted by atomic mass is 35.5. The maximum absolute atomic E-state index is 14.0. The molecule has 1 saturated heterocycles. The molecule has 1 aromatic rings. The van der Waals surface area contributed by atoms with Crippen molar-refractivity contribution in [2.75, 3.05) is 13.6 Å². The van der Waals surface area contributed by atoms with Crippen molar-refractivity contribution in [3.05, 3.63) is 34.9 Å². The Hall–Kier alpha value is -3.18. The van der Waals surface area contributed by atoms with Crippen LogP contribution in [-0.2, 0) is 19.2 Å². The topological polar surface area (TPSA) is 157 Å². The highest BCUT2D eigenvalue weighted by molar-refractivity contribution is 6.30. The van der Waals surface area contributed by atoms with E-state index >= 15 is 0 Å². The second-order valence-electron chi connectivity index (χ2n) is 12.1. The van der Waals surface area contributed by atoms with Crippen LogP contribution in [0, 0.1) is 11.8 Å². The number of carbonyl (C=O) groups excluding carboxylic acids is 5. The molecule has 43 heavy (non-hydrogen) atoms. The molecule has 5 N–H and O–H groups in total. The first-order valence-electron chi connectivity index (χ1n) is 15.5. The van der Waals surface area contributed by atoms with E-state index in [4.69, 9.17) is 11.6 Å². The maximum Gasteiger partial charge on any atom is 0.251 e. The summed E-state index contributed by atoms with van der Waals surface area (Å²) in [6.07, 6.45) is 5.13. The van der Waals surface area contributed by atoms with Crippen molar-refractivity contribution in [2.24, 2.45) is 11.8 Å². The second-order valence-corrected chi connectivity index (χ2v) is 12.5. The van der Waals surface area contributed by atoms with E-state index in [2.05, 4.69) is 21.3 Å². The molecule has 11 nitrogen and oxygen atoms in total. The molecule has 2 aliphatic carbocycles. The summed E-state index contributed by atoms with van der Waals surface area (Å²) in [4.78, 5) is 67.4. The summed E-state index contributed by atoms with van der Waals surface area (Å²) in [5.74, 6) is -2.58. The minimum absolute atomic E-state index is 0.0143. The van der Waals surface area contributed by atoms with Crippen LogP contribution >= 0.6 is 11.6 Å². The Balaban J connectivity index is 1.50. The molecule has 4 rings (SSSR count). The number of carbonyl (C=O) groups is 5. The summed E-state index contributed by atoms with van der Waals surface area (Å²) in [5.41, 5.74) is 0.378. The first-order chi connectivity index (χ1) is 20.6. The van der Waals surface area contributed by atoms with Gasteiger partial charge in [0.2, 0.25) is 17.7 Å². The predicted octanol–water partition coefficient (Wildman–Crippen LogP) is 1.91. The van der Waals surface area contributed by atoms with Gasteiger partial charge >= 0.3 is 0 Å². The third-order valence-electron chi connectivity index (χ3n) is 8.81. The first-order valence-corrected chi connectivity index (χ1v) is 15.9. The van der Waals surface area contributed by atoms with Crippen LogP contribution in [0.1, 0.15) is 81.5 Å². The normalized spacial score (nSPS) is 21.3. The van der Waals surface area contributed by atoms with Crippen LogP contribution in [0.3, 0.4) is 0 Å². The molecule has 0 spiro atoms. The zero-order chi connectivity index (χ0) is 31.1. The first kappa shape index (κ1) is 32.7. The van der Waals surface area contributed by atoms with Gasteiger partial charge in [-0.15, -0.1) is 0 Å². The van der Waals surface area contributed by atoms with Crippen LogP contribution < -0.4 is 21.3 Å². The monoisotopic (exact) mass is 617 g/mol. The average molecular weight is 618 g/mol. The van der Waals surface area contributed by atoms with Crippen molar-refractivity contribution in [1.82, 2.24) is 26.2 Å². The van der Waals surface area contributed by atoms with Gasteiger partial charge in [-0.25, -0.2) is 0 Å². The highest BCUT2D eigenvalue weighted by Crippen LogP contribution is 2.29. The molecule has 0 aromatic heterocycles. The average Bonchev–Trinajstić information content (AvgIpc) is 3.45. The Labute approximate surface area is 257 Å². The molecule has 5 atom stereocenters. The lowest BCUT2D eigenvalue weighted by atomic mass is 9.93. The molecule has 5 amide bonds. The van der Waals surface area contributed by atoms with Crippen molar-refractivity contribution in [2.45, 2.75) is 101 Å². The van der Waals surface area contributed by atoms with E-state index in [1.165, 1.54) is 4.90 Å². The van der Waals surface area contributed by atoms with E-state index in [9.17, 15) is 29.1 Å². The fourth-order valence-corrected chi connectivity index (χ4v) is 6.19. The lowest BCUT2D eigenvalue weighted by molar-refractivity contribution is -0.143. The van der Waals surface area contributed by atoms with Gasteiger partial charge in [0.15, 0.2) is 6.10 Å². The van der Waals surface area contributed by atoms with Gasteiger partial charge in [-0.3, -0.25) is 24.0 Å². The van der Waals surface area contributed by atoms with Gasteiger partial charge in [0.1, 0.15) is 12.1 Å². The smallest absolute Gasteiger partial charge is 0.251 e. The quantitative estimate of drug-likeness (QED) is 0.215.